The van der Waals surface area contributed by atoms with Gasteiger partial charge in [0.2, 0.25) is 0 Å². The summed E-state index contributed by atoms with van der Waals surface area (Å²) in [6, 6.07) is 0. The summed E-state index contributed by atoms with van der Waals surface area (Å²) >= 11 is 0. The smallest absolute Gasteiger partial charge is 0.303 e. The SMILES string of the molecule is Cl.O=P(O)(O)O.[V].[V]. The van der Waals surface area contributed by atoms with Crippen molar-refractivity contribution >= 4 is 20.2 Å². The van der Waals surface area contributed by atoms with Gasteiger partial charge < -0.3 is 14.7 Å². The average Bonchev–Trinajstić information content (AvgIpc) is 0.722. The Morgan fingerprint density at radius 3 is 1.00 bits per heavy atom. The molecule has 0 saturated carbocycles. The Morgan fingerprint density at radius 2 is 1.00 bits per heavy atom. The van der Waals surface area contributed by atoms with Crippen molar-refractivity contribution in [2.45, 2.75) is 0 Å². The summed E-state index contributed by atoms with van der Waals surface area (Å²) in [6.07, 6.45) is 0. The summed E-state index contributed by atoms with van der Waals surface area (Å²) in [5, 5.41) is 0. The van der Waals surface area contributed by atoms with Crippen LogP contribution in [0, 0.1) is 0 Å². The maximum absolute atomic E-state index is 8.88. The van der Waals surface area contributed by atoms with Crippen molar-refractivity contribution in [1.82, 2.24) is 0 Å². The van der Waals surface area contributed by atoms with Crippen LogP contribution in [0.5, 0.6) is 0 Å². The molecule has 0 atom stereocenters. The molecule has 0 aliphatic rings. The number of hydrogen-bond donors (Lipinski definition) is 3. The zero-order chi connectivity index (χ0) is 4.50. The summed E-state index contributed by atoms with van der Waals surface area (Å²) in [5.41, 5.74) is 0. The minimum atomic E-state index is -4.64. The maximum Gasteiger partial charge on any atom is 0.466 e. The first kappa shape index (κ1) is 22.7. The van der Waals surface area contributed by atoms with E-state index in [1.165, 1.54) is 0 Å². The van der Waals surface area contributed by atoms with Crippen LogP contribution < -0.4 is 0 Å². The molecule has 0 heterocycles. The third-order valence-electron chi connectivity index (χ3n) is 0. The second-order valence-corrected chi connectivity index (χ2v) is 1.54. The van der Waals surface area contributed by atoms with E-state index in [2.05, 4.69) is 0 Å². The molecule has 3 N–H and O–H groups in total. The Kier molecular flexibility index (Phi) is 24.3. The van der Waals surface area contributed by atoms with Gasteiger partial charge in [0.05, 0.1) is 0 Å². The van der Waals surface area contributed by atoms with Crippen LogP contribution >= 0.6 is 20.2 Å². The fraction of sp³-hybridized carbons (Fsp3) is 0. The first-order chi connectivity index (χ1) is 2.00. The predicted octanol–water partition coefficient (Wildman–Crippen LogP) is -0.512. The van der Waals surface area contributed by atoms with Gasteiger partial charge in [0.1, 0.15) is 0 Å². The van der Waals surface area contributed by atoms with Crippen LogP contribution in [-0.4, -0.2) is 14.7 Å². The number of phosphoric acid groups is 1. The van der Waals surface area contributed by atoms with Crippen LogP contribution in [0.25, 0.3) is 0 Å². The minimum Gasteiger partial charge on any atom is -0.303 e. The third-order valence-corrected chi connectivity index (χ3v) is 0. The third kappa shape index (κ3) is 133. The summed E-state index contributed by atoms with van der Waals surface area (Å²) in [7, 11) is -4.64. The van der Waals surface area contributed by atoms with E-state index in [0.717, 1.165) is 0 Å². The van der Waals surface area contributed by atoms with Crippen molar-refractivity contribution in [1.29, 1.82) is 0 Å². The Bertz CT molecular complexity index is 60.2. The van der Waals surface area contributed by atoms with Gasteiger partial charge in [-0.2, -0.15) is 0 Å². The van der Waals surface area contributed by atoms with E-state index < -0.39 is 7.82 Å². The van der Waals surface area contributed by atoms with Crippen molar-refractivity contribution in [2.75, 3.05) is 0 Å². The molecule has 0 fully saturated rings. The molecule has 8 heavy (non-hydrogen) atoms. The van der Waals surface area contributed by atoms with Crippen molar-refractivity contribution in [3.05, 3.63) is 0 Å². The second kappa shape index (κ2) is 8.57. The van der Waals surface area contributed by atoms with E-state index in [1.807, 2.05) is 0 Å². The summed E-state index contributed by atoms with van der Waals surface area (Å²) in [4.78, 5) is 21.6. The molecule has 0 aliphatic heterocycles. The zero-order valence-electron chi connectivity index (χ0n) is 3.50. The van der Waals surface area contributed by atoms with E-state index in [4.69, 9.17) is 19.2 Å². The fourth-order valence-electron chi connectivity index (χ4n) is 0. The van der Waals surface area contributed by atoms with Gasteiger partial charge in [-0.25, -0.2) is 4.57 Å². The second-order valence-electron chi connectivity index (χ2n) is 0.513. The van der Waals surface area contributed by atoms with Crippen molar-refractivity contribution < 1.29 is 56.4 Å². The van der Waals surface area contributed by atoms with E-state index in [1.54, 1.807) is 0 Å². The van der Waals surface area contributed by atoms with Gasteiger partial charge in [-0.3, -0.25) is 0 Å². The van der Waals surface area contributed by atoms with Gasteiger partial charge in [0.25, 0.3) is 0 Å². The first-order valence-electron chi connectivity index (χ1n) is 0.783. The average molecular weight is 236 g/mol. The van der Waals surface area contributed by atoms with Gasteiger partial charge in [-0.1, -0.05) is 0 Å². The molecule has 0 amide bonds. The molecule has 2 radical (unpaired) electrons. The van der Waals surface area contributed by atoms with Gasteiger partial charge in [0.15, 0.2) is 0 Å². The monoisotopic (exact) mass is 236 g/mol. The minimum absolute atomic E-state index is 0. The van der Waals surface area contributed by atoms with Crippen LogP contribution in [0.2, 0.25) is 0 Å². The molecule has 4 nitrogen and oxygen atoms in total. The molecule has 0 unspecified atom stereocenters. The predicted molar refractivity (Wildman–Crippen MR) is 21.5 cm³/mol. The zero-order valence-corrected chi connectivity index (χ0v) is 8.00. The Balaban J connectivity index is -0.0000000267. The molecule has 0 rings (SSSR count). The Hall–Kier alpha value is 1.57. The number of rotatable bonds is 0. The van der Waals surface area contributed by atoms with Crippen LogP contribution in [-0.2, 0) is 41.7 Å². The van der Waals surface area contributed by atoms with E-state index >= 15 is 0 Å². The molecule has 0 aromatic rings. The summed E-state index contributed by atoms with van der Waals surface area (Å²) < 4.78 is 8.88. The number of halogens is 1. The van der Waals surface area contributed by atoms with Crippen LogP contribution in [0.4, 0.5) is 0 Å². The normalized spacial score (nSPS) is 7.38. The fourth-order valence-corrected chi connectivity index (χ4v) is 0. The molecule has 0 aliphatic carbocycles. The van der Waals surface area contributed by atoms with Crippen molar-refractivity contribution in [2.24, 2.45) is 0 Å². The summed E-state index contributed by atoms with van der Waals surface area (Å²) in [6.45, 7) is 0. The molecular weight excluding hydrogens is 232 g/mol. The molecule has 50 valence electrons. The maximum atomic E-state index is 8.88. The molecule has 0 saturated heterocycles. The Morgan fingerprint density at radius 1 is 1.00 bits per heavy atom. The first-order valence-corrected chi connectivity index (χ1v) is 2.35. The van der Waals surface area contributed by atoms with E-state index in [-0.39, 0.29) is 49.5 Å². The molecule has 0 bridgehead atoms. The van der Waals surface area contributed by atoms with Crippen molar-refractivity contribution in [3.8, 4) is 0 Å². The molecular formula is H4ClO4PV2. The molecule has 0 spiro atoms. The molecule has 8 heteroatoms. The number of hydrogen-bond acceptors (Lipinski definition) is 1. The quantitative estimate of drug-likeness (QED) is 0.495. The summed E-state index contributed by atoms with van der Waals surface area (Å²) in [5.74, 6) is 0. The standard InChI is InChI=1S/ClH.H3O4P.2V/c;1-5(2,3)4;;/h1H;(H3,1,2,3,4);;. The van der Waals surface area contributed by atoms with E-state index in [0.29, 0.717) is 0 Å². The van der Waals surface area contributed by atoms with E-state index in [9.17, 15) is 0 Å². The van der Waals surface area contributed by atoms with Crippen LogP contribution in [0.1, 0.15) is 0 Å². The van der Waals surface area contributed by atoms with Gasteiger partial charge >= 0.3 is 7.82 Å². The Labute approximate surface area is 76.5 Å². The van der Waals surface area contributed by atoms with Crippen molar-refractivity contribution in [3.63, 3.8) is 0 Å². The van der Waals surface area contributed by atoms with Gasteiger partial charge in [0, 0.05) is 37.1 Å². The molecule has 0 aromatic carbocycles. The van der Waals surface area contributed by atoms with Gasteiger partial charge in [-0.05, 0) is 0 Å². The topological polar surface area (TPSA) is 77.8 Å². The molecule has 0 aromatic heterocycles. The van der Waals surface area contributed by atoms with Crippen LogP contribution in [0.3, 0.4) is 0 Å². The van der Waals surface area contributed by atoms with Crippen LogP contribution in [0.15, 0.2) is 0 Å². The van der Waals surface area contributed by atoms with Gasteiger partial charge in [-0.15, -0.1) is 12.4 Å². The largest absolute Gasteiger partial charge is 0.466 e.